The molecule has 2 saturated heterocycles. The Morgan fingerprint density at radius 1 is 1.21 bits per heavy atom. The van der Waals surface area contributed by atoms with E-state index in [0.29, 0.717) is 26.3 Å². The van der Waals surface area contributed by atoms with Gasteiger partial charge in [0.1, 0.15) is 0 Å². The van der Waals surface area contributed by atoms with Crippen LogP contribution in [0.4, 0.5) is 0 Å². The van der Waals surface area contributed by atoms with Gasteiger partial charge in [-0.15, -0.1) is 0 Å². The summed E-state index contributed by atoms with van der Waals surface area (Å²) in [6.45, 7) is 2.69. The van der Waals surface area contributed by atoms with Crippen molar-refractivity contribution in [1.82, 2.24) is 15.8 Å². The Hall–Kier alpha value is -1.14. The molecule has 2 amide bonds. The summed E-state index contributed by atoms with van der Waals surface area (Å²) in [6.07, 6.45) is 0.242. The van der Waals surface area contributed by atoms with Crippen LogP contribution in [-0.4, -0.2) is 49.1 Å². The number of nitrogens with one attached hydrogen (secondary N) is 2. The number of amides is 2. The number of ether oxygens (including phenoxy) is 1. The van der Waals surface area contributed by atoms with Gasteiger partial charge >= 0.3 is 0 Å². The van der Waals surface area contributed by atoms with Gasteiger partial charge in [-0.1, -0.05) is 0 Å². The van der Waals surface area contributed by atoms with Crippen LogP contribution in [0.1, 0.15) is 6.42 Å². The van der Waals surface area contributed by atoms with E-state index in [1.54, 1.807) is 0 Å². The van der Waals surface area contributed by atoms with Crippen molar-refractivity contribution in [1.29, 1.82) is 0 Å². The van der Waals surface area contributed by atoms with E-state index >= 15 is 0 Å². The smallest absolute Gasteiger partial charge is 0.256 e. The predicted octanol–water partition coefficient (Wildman–Crippen LogP) is -1.76. The van der Waals surface area contributed by atoms with Crippen molar-refractivity contribution in [2.75, 3.05) is 26.3 Å². The molecule has 0 saturated carbocycles. The topological polar surface area (TPSA) is 70.7 Å². The van der Waals surface area contributed by atoms with Crippen LogP contribution in [0.15, 0.2) is 0 Å². The molecule has 6 heteroatoms. The molecule has 0 radical (unpaired) electrons. The summed E-state index contributed by atoms with van der Waals surface area (Å²) in [6, 6.07) is -0.326. The van der Waals surface area contributed by atoms with Crippen molar-refractivity contribution in [3.63, 3.8) is 0 Å². The van der Waals surface area contributed by atoms with Gasteiger partial charge in [0, 0.05) is 13.1 Å². The van der Waals surface area contributed by atoms with Crippen LogP contribution in [0, 0.1) is 0 Å². The first-order valence-electron chi connectivity index (χ1n) is 4.68. The Bertz CT molecular complexity index is 250. The number of morpholine rings is 1. The Kier molecular flexibility index (Phi) is 2.64. The molecule has 2 rings (SSSR count). The fraction of sp³-hybridized carbons (Fsp3) is 0.750. The number of nitrogens with zero attached hydrogens (tertiary/aromatic N) is 1. The predicted molar refractivity (Wildman–Crippen MR) is 47.1 cm³/mol. The van der Waals surface area contributed by atoms with Gasteiger partial charge in [0.15, 0.2) is 0 Å². The molecule has 0 aromatic rings. The number of hydrogen-bond acceptors (Lipinski definition) is 4. The maximum atomic E-state index is 11.4. The Morgan fingerprint density at radius 2 is 1.93 bits per heavy atom. The van der Waals surface area contributed by atoms with Gasteiger partial charge in [0.2, 0.25) is 5.91 Å². The molecular weight excluding hydrogens is 186 g/mol. The third-order valence-corrected chi connectivity index (χ3v) is 2.49. The van der Waals surface area contributed by atoms with Crippen molar-refractivity contribution in [2.45, 2.75) is 12.5 Å². The minimum atomic E-state index is -0.326. The highest BCUT2D eigenvalue weighted by molar-refractivity contribution is 5.93. The molecule has 0 spiro atoms. The monoisotopic (exact) mass is 199 g/mol. The lowest BCUT2D eigenvalue weighted by molar-refractivity contribution is -0.141. The first-order valence-corrected chi connectivity index (χ1v) is 4.68. The van der Waals surface area contributed by atoms with Crippen molar-refractivity contribution >= 4 is 11.8 Å². The van der Waals surface area contributed by atoms with Gasteiger partial charge in [-0.25, -0.2) is 0 Å². The molecule has 2 fully saturated rings. The summed E-state index contributed by atoms with van der Waals surface area (Å²) in [7, 11) is 0. The number of hydrazine groups is 1. The summed E-state index contributed by atoms with van der Waals surface area (Å²) in [5, 5.41) is 0. The number of hydrogen-bond donors (Lipinski definition) is 2. The fourth-order valence-corrected chi connectivity index (χ4v) is 1.72. The quantitative estimate of drug-likeness (QED) is 0.525. The van der Waals surface area contributed by atoms with E-state index in [1.807, 2.05) is 4.90 Å². The molecular formula is C8H13N3O3. The fourth-order valence-electron chi connectivity index (χ4n) is 1.72. The highest BCUT2D eigenvalue weighted by Gasteiger charge is 2.32. The summed E-state index contributed by atoms with van der Waals surface area (Å²) in [5.41, 5.74) is 4.66. The van der Waals surface area contributed by atoms with Crippen molar-refractivity contribution in [3.8, 4) is 0 Å². The zero-order valence-electron chi connectivity index (χ0n) is 7.78. The van der Waals surface area contributed by atoms with E-state index in [0.717, 1.165) is 0 Å². The van der Waals surface area contributed by atoms with Crippen LogP contribution in [0.3, 0.4) is 0 Å². The van der Waals surface area contributed by atoms with Crippen molar-refractivity contribution in [3.05, 3.63) is 0 Å². The lowest BCUT2D eigenvalue weighted by atomic mass is 10.1. The third kappa shape index (κ3) is 1.85. The van der Waals surface area contributed by atoms with Gasteiger partial charge in [0.25, 0.3) is 5.91 Å². The van der Waals surface area contributed by atoms with Crippen LogP contribution < -0.4 is 10.9 Å². The lowest BCUT2D eigenvalue weighted by Crippen LogP contribution is -2.60. The van der Waals surface area contributed by atoms with E-state index < -0.39 is 0 Å². The van der Waals surface area contributed by atoms with Crippen LogP contribution in [0.5, 0.6) is 0 Å². The van der Waals surface area contributed by atoms with Gasteiger partial charge in [-0.05, 0) is 0 Å². The molecule has 6 nitrogen and oxygen atoms in total. The summed E-state index contributed by atoms with van der Waals surface area (Å²) >= 11 is 0. The van der Waals surface area contributed by atoms with Gasteiger partial charge < -0.3 is 4.74 Å². The molecule has 78 valence electrons. The normalized spacial score (nSPS) is 29.6. The number of rotatable bonds is 1. The number of carbonyl (C=O) groups excluding carboxylic acids is 2. The molecule has 0 aromatic carbocycles. The summed E-state index contributed by atoms with van der Waals surface area (Å²) in [5.74, 6) is -0.271. The minimum Gasteiger partial charge on any atom is -0.379 e. The second kappa shape index (κ2) is 3.93. The minimum absolute atomic E-state index is 0.133. The van der Waals surface area contributed by atoms with E-state index in [2.05, 4.69) is 10.9 Å². The SMILES string of the molecule is O=C1C[C@@H](N2CCOCC2)C(=O)NN1. The largest absolute Gasteiger partial charge is 0.379 e. The Morgan fingerprint density at radius 3 is 2.64 bits per heavy atom. The van der Waals surface area contributed by atoms with E-state index in [-0.39, 0.29) is 24.3 Å². The van der Waals surface area contributed by atoms with Crippen LogP contribution in [0.2, 0.25) is 0 Å². The summed E-state index contributed by atoms with van der Waals surface area (Å²) < 4.78 is 5.18. The first kappa shape index (κ1) is 9.42. The molecule has 14 heavy (non-hydrogen) atoms. The molecule has 2 aliphatic rings. The molecule has 1 atom stereocenters. The molecule has 0 bridgehead atoms. The van der Waals surface area contributed by atoms with Gasteiger partial charge in [-0.3, -0.25) is 25.3 Å². The van der Waals surface area contributed by atoms with Crippen LogP contribution >= 0.6 is 0 Å². The molecule has 0 unspecified atom stereocenters. The zero-order valence-corrected chi connectivity index (χ0v) is 7.78. The van der Waals surface area contributed by atoms with E-state index in [4.69, 9.17) is 4.74 Å². The Balaban J connectivity index is 1.99. The molecule has 2 N–H and O–H groups in total. The molecule has 2 aliphatic heterocycles. The number of carbonyl (C=O) groups is 2. The average molecular weight is 199 g/mol. The zero-order chi connectivity index (χ0) is 9.97. The summed E-state index contributed by atoms with van der Waals surface area (Å²) in [4.78, 5) is 24.5. The standard InChI is InChI=1S/C8H13N3O3/c12-7-5-6(8(13)10-9-7)11-1-3-14-4-2-11/h6H,1-5H2,(H,9,12)(H,10,13)/t6-/m1/s1. The second-order valence-corrected chi connectivity index (χ2v) is 3.41. The molecule has 2 heterocycles. The van der Waals surface area contributed by atoms with Gasteiger partial charge in [-0.2, -0.15) is 0 Å². The average Bonchev–Trinajstić information content (AvgIpc) is 2.23. The van der Waals surface area contributed by atoms with Crippen LogP contribution in [0.25, 0.3) is 0 Å². The molecule has 0 aromatic heterocycles. The highest BCUT2D eigenvalue weighted by atomic mass is 16.5. The third-order valence-electron chi connectivity index (χ3n) is 2.49. The lowest BCUT2D eigenvalue weighted by Gasteiger charge is -2.35. The Labute approximate surface area is 81.5 Å². The van der Waals surface area contributed by atoms with Gasteiger partial charge in [0.05, 0.1) is 25.7 Å². The second-order valence-electron chi connectivity index (χ2n) is 3.41. The molecule has 0 aliphatic carbocycles. The first-order chi connectivity index (χ1) is 6.77. The van der Waals surface area contributed by atoms with Crippen LogP contribution in [-0.2, 0) is 14.3 Å². The maximum absolute atomic E-state index is 11.4. The van der Waals surface area contributed by atoms with E-state index in [9.17, 15) is 9.59 Å². The van der Waals surface area contributed by atoms with Crippen molar-refractivity contribution < 1.29 is 14.3 Å². The van der Waals surface area contributed by atoms with E-state index in [1.165, 1.54) is 0 Å². The van der Waals surface area contributed by atoms with Crippen molar-refractivity contribution in [2.24, 2.45) is 0 Å². The highest BCUT2D eigenvalue weighted by Crippen LogP contribution is 2.09. The maximum Gasteiger partial charge on any atom is 0.256 e.